The molecule has 0 unspecified atom stereocenters. The summed E-state index contributed by atoms with van der Waals surface area (Å²) in [6, 6.07) is 1.85. The van der Waals surface area contributed by atoms with Crippen LogP contribution in [0.3, 0.4) is 0 Å². The molecule has 0 atom stereocenters. The number of nitrogens with one attached hydrogen (secondary N) is 1. The minimum absolute atomic E-state index is 0.236. The summed E-state index contributed by atoms with van der Waals surface area (Å²) in [4.78, 5) is 12.0. The number of carbonyl (C=O) groups excluding carboxylic acids is 1. The third-order valence-electron chi connectivity index (χ3n) is 2.66. The molecule has 7 heteroatoms. The van der Waals surface area contributed by atoms with Crippen LogP contribution in [-0.2, 0) is 20.1 Å². The van der Waals surface area contributed by atoms with Crippen LogP contribution in [0.15, 0.2) is 18.5 Å². The van der Waals surface area contributed by atoms with Gasteiger partial charge in [0.15, 0.2) is 0 Å². The van der Waals surface area contributed by atoms with Gasteiger partial charge in [0.1, 0.15) is 5.69 Å². The maximum atomic E-state index is 12.0. The molecule has 0 fully saturated rings. The summed E-state index contributed by atoms with van der Waals surface area (Å²) in [5, 5.41) is 11.2. The first-order chi connectivity index (χ1) is 8.63. The lowest BCUT2D eigenvalue weighted by Crippen LogP contribution is -2.27. The van der Waals surface area contributed by atoms with Gasteiger partial charge in [0.2, 0.25) is 0 Å². The predicted molar refractivity (Wildman–Crippen MR) is 67.3 cm³/mol. The van der Waals surface area contributed by atoms with E-state index in [2.05, 4.69) is 15.5 Å². The standard InChI is InChI=1S/C11H14ClN5O/c1-3-17-10(9(12)7-15-17)11(18)13-6-8-4-5-14-16(8)2/h4-5,7H,3,6H2,1-2H3,(H,13,18). The lowest BCUT2D eigenvalue weighted by molar-refractivity contribution is 0.0939. The van der Waals surface area contributed by atoms with Gasteiger partial charge in [-0.25, -0.2) is 0 Å². The van der Waals surface area contributed by atoms with Crippen molar-refractivity contribution in [3.8, 4) is 0 Å². The summed E-state index contributed by atoms with van der Waals surface area (Å²) in [5.74, 6) is -0.236. The lowest BCUT2D eigenvalue weighted by Gasteiger charge is -2.07. The molecule has 0 aliphatic carbocycles. The molecule has 96 valence electrons. The third kappa shape index (κ3) is 2.38. The first-order valence-electron chi connectivity index (χ1n) is 5.60. The molecule has 0 bridgehead atoms. The van der Waals surface area contributed by atoms with Crippen molar-refractivity contribution in [3.05, 3.63) is 34.9 Å². The van der Waals surface area contributed by atoms with Gasteiger partial charge in [0.05, 0.1) is 23.5 Å². The smallest absolute Gasteiger partial charge is 0.271 e. The quantitative estimate of drug-likeness (QED) is 0.906. The van der Waals surface area contributed by atoms with E-state index in [0.717, 1.165) is 5.69 Å². The lowest BCUT2D eigenvalue weighted by atomic mass is 10.3. The summed E-state index contributed by atoms with van der Waals surface area (Å²) in [7, 11) is 1.82. The highest BCUT2D eigenvalue weighted by atomic mass is 35.5. The fraction of sp³-hybridized carbons (Fsp3) is 0.364. The molecular weight excluding hydrogens is 254 g/mol. The van der Waals surface area contributed by atoms with Crippen LogP contribution in [0, 0.1) is 0 Å². The largest absolute Gasteiger partial charge is 0.345 e. The van der Waals surface area contributed by atoms with Gasteiger partial charge in [-0.1, -0.05) is 11.6 Å². The number of hydrogen-bond donors (Lipinski definition) is 1. The van der Waals surface area contributed by atoms with Crippen LogP contribution in [0.5, 0.6) is 0 Å². The molecule has 0 spiro atoms. The first-order valence-corrected chi connectivity index (χ1v) is 5.97. The van der Waals surface area contributed by atoms with Crippen molar-refractivity contribution < 1.29 is 4.79 Å². The number of amides is 1. The van der Waals surface area contributed by atoms with E-state index in [4.69, 9.17) is 11.6 Å². The van der Waals surface area contributed by atoms with Crippen molar-refractivity contribution in [3.63, 3.8) is 0 Å². The molecule has 1 amide bonds. The van der Waals surface area contributed by atoms with E-state index in [9.17, 15) is 4.79 Å². The predicted octanol–water partition coefficient (Wildman–Crippen LogP) is 1.22. The molecule has 6 nitrogen and oxygen atoms in total. The van der Waals surface area contributed by atoms with Gasteiger partial charge in [-0.05, 0) is 13.0 Å². The van der Waals surface area contributed by atoms with Crippen LogP contribution in [0.1, 0.15) is 23.1 Å². The fourth-order valence-electron chi connectivity index (χ4n) is 1.66. The normalized spacial score (nSPS) is 10.6. The highest BCUT2D eigenvalue weighted by Gasteiger charge is 2.16. The minimum Gasteiger partial charge on any atom is -0.345 e. The third-order valence-corrected chi connectivity index (χ3v) is 2.94. The van der Waals surface area contributed by atoms with E-state index < -0.39 is 0 Å². The van der Waals surface area contributed by atoms with Crippen molar-refractivity contribution in [1.29, 1.82) is 0 Å². The molecule has 0 saturated heterocycles. The van der Waals surface area contributed by atoms with Crippen LogP contribution < -0.4 is 5.32 Å². The minimum atomic E-state index is -0.236. The van der Waals surface area contributed by atoms with Gasteiger partial charge < -0.3 is 5.32 Å². The summed E-state index contributed by atoms with van der Waals surface area (Å²) >= 11 is 5.95. The maximum Gasteiger partial charge on any atom is 0.271 e. The highest BCUT2D eigenvalue weighted by Crippen LogP contribution is 2.14. The summed E-state index contributed by atoms with van der Waals surface area (Å²) in [6.45, 7) is 2.91. The Kier molecular flexibility index (Phi) is 3.66. The maximum absolute atomic E-state index is 12.0. The van der Waals surface area contributed by atoms with Crippen LogP contribution >= 0.6 is 11.6 Å². The molecule has 2 heterocycles. The Morgan fingerprint density at radius 3 is 2.89 bits per heavy atom. The van der Waals surface area contributed by atoms with E-state index in [1.54, 1.807) is 15.6 Å². The Balaban J connectivity index is 2.08. The van der Waals surface area contributed by atoms with Gasteiger partial charge in [0.25, 0.3) is 5.91 Å². The SMILES string of the molecule is CCn1ncc(Cl)c1C(=O)NCc1ccnn1C. The van der Waals surface area contributed by atoms with E-state index in [1.165, 1.54) is 6.20 Å². The van der Waals surface area contributed by atoms with Gasteiger partial charge in [-0.2, -0.15) is 10.2 Å². The second-order valence-electron chi connectivity index (χ2n) is 3.79. The second kappa shape index (κ2) is 5.22. The number of hydrogen-bond acceptors (Lipinski definition) is 3. The van der Waals surface area contributed by atoms with E-state index in [1.807, 2.05) is 20.0 Å². The Morgan fingerprint density at radius 1 is 1.50 bits per heavy atom. The number of carbonyl (C=O) groups is 1. The Hall–Kier alpha value is -1.82. The van der Waals surface area contributed by atoms with Gasteiger partial charge in [0, 0.05) is 19.8 Å². The Bertz CT molecular complexity index is 560. The second-order valence-corrected chi connectivity index (χ2v) is 4.19. The van der Waals surface area contributed by atoms with Crippen LogP contribution in [0.25, 0.3) is 0 Å². The molecule has 0 aliphatic rings. The van der Waals surface area contributed by atoms with Crippen molar-refractivity contribution in [1.82, 2.24) is 24.9 Å². The first kappa shape index (κ1) is 12.6. The van der Waals surface area contributed by atoms with E-state index in [0.29, 0.717) is 23.8 Å². The van der Waals surface area contributed by atoms with Gasteiger partial charge in [-0.15, -0.1) is 0 Å². The zero-order valence-electron chi connectivity index (χ0n) is 10.2. The highest BCUT2D eigenvalue weighted by molar-refractivity contribution is 6.33. The molecule has 0 aliphatic heterocycles. The zero-order chi connectivity index (χ0) is 13.1. The number of aryl methyl sites for hydroxylation is 2. The molecule has 18 heavy (non-hydrogen) atoms. The molecule has 2 rings (SSSR count). The summed E-state index contributed by atoms with van der Waals surface area (Å²) in [6.07, 6.45) is 3.16. The molecule has 2 aromatic heterocycles. The Labute approximate surface area is 110 Å². The number of aromatic nitrogens is 4. The summed E-state index contributed by atoms with van der Waals surface area (Å²) < 4.78 is 3.28. The Morgan fingerprint density at radius 2 is 2.28 bits per heavy atom. The van der Waals surface area contributed by atoms with Crippen LogP contribution in [0.2, 0.25) is 5.02 Å². The summed E-state index contributed by atoms with van der Waals surface area (Å²) in [5.41, 5.74) is 1.31. The van der Waals surface area contributed by atoms with E-state index in [-0.39, 0.29) is 5.91 Å². The average Bonchev–Trinajstić information content (AvgIpc) is 2.92. The van der Waals surface area contributed by atoms with E-state index >= 15 is 0 Å². The topological polar surface area (TPSA) is 64.7 Å². The number of nitrogens with zero attached hydrogens (tertiary/aromatic N) is 4. The molecule has 0 aromatic carbocycles. The zero-order valence-corrected chi connectivity index (χ0v) is 11.0. The van der Waals surface area contributed by atoms with Gasteiger partial charge >= 0.3 is 0 Å². The van der Waals surface area contributed by atoms with Crippen LogP contribution in [0.4, 0.5) is 0 Å². The molecule has 2 aromatic rings. The van der Waals surface area contributed by atoms with Crippen LogP contribution in [-0.4, -0.2) is 25.5 Å². The molecule has 0 radical (unpaired) electrons. The monoisotopic (exact) mass is 267 g/mol. The van der Waals surface area contributed by atoms with Crippen molar-refractivity contribution in [2.24, 2.45) is 7.05 Å². The fourth-order valence-corrected chi connectivity index (χ4v) is 1.88. The molecule has 1 N–H and O–H groups in total. The number of halogens is 1. The average molecular weight is 268 g/mol. The molecule has 0 saturated carbocycles. The van der Waals surface area contributed by atoms with Crippen molar-refractivity contribution in [2.75, 3.05) is 0 Å². The van der Waals surface area contributed by atoms with Crippen molar-refractivity contribution in [2.45, 2.75) is 20.0 Å². The van der Waals surface area contributed by atoms with Crippen molar-refractivity contribution >= 4 is 17.5 Å². The molecular formula is C11H14ClN5O. The number of rotatable bonds is 4. The van der Waals surface area contributed by atoms with Gasteiger partial charge in [-0.3, -0.25) is 14.2 Å².